The molecule has 0 spiro atoms. The number of rotatable bonds is 6. The van der Waals surface area contributed by atoms with Crippen molar-refractivity contribution in [3.8, 4) is 0 Å². The highest BCUT2D eigenvalue weighted by molar-refractivity contribution is 7.11. The third-order valence-electron chi connectivity index (χ3n) is 3.02. The molecule has 1 fully saturated rings. The Bertz CT molecular complexity index is 455. The van der Waals surface area contributed by atoms with Crippen LogP contribution in [0.25, 0.3) is 0 Å². The number of nitrogens with zero attached hydrogens (tertiary/aromatic N) is 2. The second-order valence-corrected chi connectivity index (χ2v) is 5.32. The number of carboxylic acid groups (broad SMARTS) is 1. The summed E-state index contributed by atoms with van der Waals surface area (Å²) in [4.78, 5) is 28.3. The van der Waals surface area contributed by atoms with Gasteiger partial charge in [-0.15, -0.1) is 11.3 Å². The molecular formula is C12H17N3O3S. The number of aromatic nitrogens is 1. The van der Waals surface area contributed by atoms with Gasteiger partial charge >= 0.3 is 5.97 Å². The second kappa shape index (κ2) is 6.63. The lowest BCUT2D eigenvalue weighted by molar-refractivity contribution is -0.130. The van der Waals surface area contributed by atoms with Crippen LogP contribution in [0.1, 0.15) is 34.8 Å². The maximum Gasteiger partial charge on any atom is 0.365 e. The third-order valence-corrected chi connectivity index (χ3v) is 3.89. The van der Waals surface area contributed by atoms with E-state index in [2.05, 4.69) is 10.3 Å². The van der Waals surface area contributed by atoms with Crippen molar-refractivity contribution in [2.45, 2.75) is 25.8 Å². The molecule has 2 N–H and O–H groups in total. The van der Waals surface area contributed by atoms with Gasteiger partial charge in [0, 0.05) is 38.0 Å². The van der Waals surface area contributed by atoms with Crippen molar-refractivity contribution in [3.63, 3.8) is 0 Å². The first-order valence-corrected chi connectivity index (χ1v) is 7.21. The van der Waals surface area contributed by atoms with Crippen LogP contribution in [-0.4, -0.2) is 46.5 Å². The Labute approximate surface area is 115 Å². The minimum atomic E-state index is -1.000. The van der Waals surface area contributed by atoms with Crippen molar-refractivity contribution < 1.29 is 14.7 Å². The van der Waals surface area contributed by atoms with Crippen molar-refractivity contribution in [1.29, 1.82) is 0 Å². The lowest BCUT2D eigenvalue weighted by Gasteiger charge is -2.14. The monoisotopic (exact) mass is 283 g/mol. The molecule has 1 amide bonds. The van der Waals surface area contributed by atoms with Crippen molar-refractivity contribution in [2.24, 2.45) is 0 Å². The normalized spacial score (nSPS) is 14.8. The Kier molecular flexibility index (Phi) is 4.86. The fourth-order valence-corrected chi connectivity index (χ4v) is 2.68. The van der Waals surface area contributed by atoms with Gasteiger partial charge in [0.2, 0.25) is 10.9 Å². The van der Waals surface area contributed by atoms with Gasteiger partial charge in [0.25, 0.3) is 0 Å². The zero-order valence-electron chi connectivity index (χ0n) is 10.6. The summed E-state index contributed by atoms with van der Waals surface area (Å²) in [7, 11) is 0. The fourth-order valence-electron chi connectivity index (χ4n) is 2.02. The summed E-state index contributed by atoms with van der Waals surface area (Å²) < 4.78 is 0. The van der Waals surface area contributed by atoms with Crippen LogP contribution in [0.4, 0.5) is 0 Å². The van der Waals surface area contributed by atoms with Crippen molar-refractivity contribution >= 4 is 23.2 Å². The molecule has 6 nitrogen and oxygen atoms in total. The molecule has 0 unspecified atom stereocenters. The van der Waals surface area contributed by atoms with Gasteiger partial charge in [-0.2, -0.15) is 0 Å². The van der Waals surface area contributed by atoms with Gasteiger partial charge in [-0.05, 0) is 12.8 Å². The Hall–Kier alpha value is -1.47. The van der Waals surface area contributed by atoms with Gasteiger partial charge in [0.1, 0.15) is 0 Å². The minimum Gasteiger partial charge on any atom is -0.476 e. The maximum absolute atomic E-state index is 11.7. The van der Waals surface area contributed by atoms with E-state index in [9.17, 15) is 9.59 Å². The highest BCUT2D eigenvalue weighted by atomic mass is 32.1. The smallest absolute Gasteiger partial charge is 0.365 e. The molecule has 1 aromatic rings. The van der Waals surface area contributed by atoms with E-state index in [1.165, 1.54) is 0 Å². The summed E-state index contributed by atoms with van der Waals surface area (Å²) in [5.41, 5.74) is 0.705. The number of likely N-dealkylation sites (tertiary alicyclic amines) is 1. The van der Waals surface area contributed by atoms with Crippen molar-refractivity contribution in [2.75, 3.05) is 19.6 Å². The molecule has 7 heteroatoms. The van der Waals surface area contributed by atoms with E-state index in [4.69, 9.17) is 5.11 Å². The fraction of sp³-hybridized carbons (Fsp3) is 0.583. The van der Waals surface area contributed by atoms with Gasteiger partial charge in [0.15, 0.2) is 0 Å². The van der Waals surface area contributed by atoms with E-state index in [0.717, 1.165) is 37.3 Å². The SMILES string of the molecule is O=C(O)c1nc(CNCCC(=O)N2CCCC2)cs1. The van der Waals surface area contributed by atoms with Crippen molar-refractivity contribution in [3.05, 3.63) is 16.1 Å². The Balaban J connectivity index is 1.65. The van der Waals surface area contributed by atoms with E-state index < -0.39 is 5.97 Å². The number of hydrogen-bond donors (Lipinski definition) is 2. The first-order chi connectivity index (χ1) is 9.16. The van der Waals surface area contributed by atoms with Crippen LogP contribution < -0.4 is 5.32 Å². The molecular weight excluding hydrogens is 266 g/mol. The minimum absolute atomic E-state index is 0.102. The molecule has 0 aliphatic carbocycles. The van der Waals surface area contributed by atoms with E-state index in [1.54, 1.807) is 5.38 Å². The number of carboxylic acids is 1. The average molecular weight is 283 g/mol. The number of amides is 1. The summed E-state index contributed by atoms with van der Waals surface area (Å²) in [6.07, 6.45) is 2.70. The lowest BCUT2D eigenvalue weighted by Crippen LogP contribution is -2.30. The van der Waals surface area contributed by atoms with E-state index in [0.29, 0.717) is 25.2 Å². The molecule has 0 saturated carbocycles. The van der Waals surface area contributed by atoms with Crippen LogP contribution in [0.5, 0.6) is 0 Å². The van der Waals surface area contributed by atoms with Gasteiger partial charge in [-0.1, -0.05) is 0 Å². The largest absolute Gasteiger partial charge is 0.476 e. The molecule has 1 aromatic heterocycles. The number of carbonyl (C=O) groups excluding carboxylic acids is 1. The van der Waals surface area contributed by atoms with Gasteiger partial charge in [-0.25, -0.2) is 9.78 Å². The van der Waals surface area contributed by atoms with Crippen LogP contribution in [-0.2, 0) is 11.3 Å². The lowest BCUT2D eigenvalue weighted by atomic mass is 10.3. The highest BCUT2D eigenvalue weighted by Crippen LogP contribution is 2.10. The number of carbonyl (C=O) groups is 2. The van der Waals surface area contributed by atoms with Crippen molar-refractivity contribution in [1.82, 2.24) is 15.2 Å². The predicted molar refractivity (Wildman–Crippen MR) is 71.2 cm³/mol. The second-order valence-electron chi connectivity index (χ2n) is 4.46. The quantitative estimate of drug-likeness (QED) is 0.759. The molecule has 1 saturated heterocycles. The van der Waals surface area contributed by atoms with Gasteiger partial charge in [0.05, 0.1) is 5.69 Å². The molecule has 104 valence electrons. The summed E-state index contributed by atoms with van der Waals surface area (Å²) in [6.45, 7) is 2.85. The van der Waals surface area contributed by atoms with E-state index in [-0.39, 0.29) is 10.9 Å². The molecule has 1 aliphatic rings. The van der Waals surface area contributed by atoms with Crippen LogP contribution in [0, 0.1) is 0 Å². The van der Waals surface area contributed by atoms with Crippen LogP contribution in [0.2, 0.25) is 0 Å². The summed E-state index contributed by atoms with van der Waals surface area (Å²) in [5, 5.41) is 13.7. The Morgan fingerprint density at radius 2 is 2.16 bits per heavy atom. The Morgan fingerprint density at radius 1 is 1.42 bits per heavy atom. The number of nitrogens with one attached hydrogen (secondary N) is 1. The Morgan fingerprint density at radius 3 is 2.79 bits per heavy atom. The number of hydrogen-bond acceptors (Lipinski definition) is 5. The standard InChI is InChI=1S/C12H17N3O3S/c16-10(15-5-1-2-6-15)3-4-13-7-9-8-19-11(14-9)12(17)18/h8,13H,1-7H2,(H,17,18). The molecule has 2 heterocycles. The highest BCUT2D eigenvalue weighted by Gasteiger charge is 2.17. The zero-order valence-corrected chi connectivity index (χ0v) is 11.4. The number of thiazole rings is 1. The molecule has 0 atom stereocenters. The zero-order chi connectivity index (χ0) is 13.7. The van der Waals surface area contributed by atoms with Crippen LogP contribution >= 0.6 is 11.3 Å². The number of aromatic carboxylic acids is 1. The molecule has 19 heavy (non-hydrogen) atoms. The maximum atomic E-state index is 11.7. The van der Waals surface area contributed by atoms with Gasteiger partial charge < -0.3 is 15.3 Å². The summed E-state index contributed by atoms with van der Waals surface area (Å²) in [5.74, 6) is -0.810. The summed E-state index contributed by atoms with van der Waals surface area (Å²) in [6, 6.07) is 0. The topological polar surface area (TPSA) is 82.5 Å². The third kappa shape index (κ3) is 4.00. The predicted octanol–water partition coefficient (Wildman–Crippen LogP) is 0.943. The average Bonchev–Trinajstić information content (AvgIpc) is 3.05. The first-order valence-electron chi connectivity index (χ1n) is 6.33. The van der Waals surface area contributed by atoms with E-state index in [1.807, 2.05) is 4.90 Å². The van der Waals surface area contributed by atoms with E-state index >= 15 is 0 Å². The van der Waals surface area contributed by atoms with Crippen LogP contribution in [0.15, 0.2) is 5.38 Å². The van der Waals surface area contributed by atoms with Crippen LogP contribution in [0.3, 0.4) is 0 Å². The van der Waals surface area contributed by atoms with Gasteiger partial charge in [-0.3, -0.25) is 4.79 Å². The molecule has 0 aromatic carbocycles. The molecule has 2 rings (SSSR count). The molecule has 1 aliphatic heterocycles. The molecule has 0 bridgehead atoms. The first kappa shape index (κ1) is 14.0. The molecule has 0 radical (unpaired) electrons. The summed E-state index contributed by atoms with van der Waals surface area (Å²) >= 11 is 1.12.